The minimum absolute atomic E-state index is 0.0216. The number of benzene rings is 1. The zero-order valence-corrected chi connectivity index (χ0v) is 13.7. The summed E-state index contributed by atoms with van der Waals surface area (Å²) in [7, 11) is 0. The zero-order valence-electron chi connectivity index (χ0n) is 13.7. The molecule has 0 saturated carbocycles. The van der Waals surface area contributed by atoms with Crippen molar-refractivity contribution in [1.82, 2.24) is 14.9 Å². The average Bonchev–Trinajstić information content (AvgIpc) is 3.11. The monoisotopic (exact) mass is 310 g/mol. The molecule has 0 radical (unpaired) electrons. The quantitative estimate of drug-likeness (QED) is 0.941. The van der Waals surface area contributed by atoms with Crippen LogP contribution in [0.1, 0.15) is 41.4 Å². The number of anilines is 2. The van der Waals surface area contributed by atoms with Gasteiger partial charge < -0.3 is 10.2 Å². The van der Waals surface area contributed by atoms with Crippen LogP contribution in [-0.2, 0) is 6.42 Å². The SMILES string of the molecule is CCc1cccc(C)c1Nc1cnc(C(=O)N2CCCC2)cn1. The molecule has 0 unspecified atom stereocenters. The minimum atomic E-state index is -0.0216. The van der Waals surface area contributed by atoms with E-state index in [4.69, 9.17) is 0 Å². The molecule has 0 spiro atoms. The van der Waals surface area contributed by atoms with E-state index in [2.05, 4.69) is 47.3 Å². The first-order chi connectivity index (χ1) is 11.2. The Morgan fingerprint density at radius 1 is 1.22 bits per heavy atom. The molecule has 120 valence electrons. The van der Waals surface area contributed by atoms with Crippen LogP contribution in [0.5, 0.6) is 0 Å². The number of aromatic nitrogens is 2. The summed E-state index contributed by atoms with van der Waals surface area (Å²) in [6, 6.07) is 6.23. The third-order valence-corrected chi connectivity index (χ3v) is 4.26. The van der Waals surface area contributed by atoms with Crippen molar-refractivity contribution >= 4 is 17.4 Å². The highest BCUT2D eigenvalue weighted by Crippen LogP contribution is 2.24. The lowest BCUT2D eigenvalue weighted by Crippen LogP contribution is -2.28. The van der Waals surface area contributed by atoms with Gasteiger partial charge in [0.1, 0.15) is 11.5 Å². The topological polar surface area (TPSA) is 58.1 Å². The third-order valence-electron chi connectivity index (χ3n) is 4.26. The molecule has 23 heavy (non-hydrogen) atoms. The van der Waals surface area contributed by atoms with Crippen LogP contribution in [0.25, 0.3) is 0 Å². The van der Waals surface area contributed by atoms with Gasteiger partial charge in [-0.15, -0.1) is 0 Å². The standard InChI is InChI=1S/C18H22N4O/c1-3-14-8-6-7-13(2)17(14)21-16-12-19-15(11-20-16)18(23)22-9-4-5-10-22/h6-8,11-12H,3-5,9-10H2,1-2H3,(H,20,21). The molecule has 0 aliphatic carbocycles. The molecule has 1 aliphatic rings. The van der Waals surface area contributed by atoms with Crippen molar-refractivity contribution in [2.24, 2.45) is 0 Å². The number of para-hydroxylation sites is 1. The summed E-state index contributed by atoms with van der Waals surface area (Å²) >= 11 is 0. The van der Waals surface area contributed by atoms with Gasteiger partial charge in [-0.05, 0) is 37.3 Å². The zero-order chi connectivity index (χ0) is 16.2. The van der Waals surface area contributed by atoms with E-state index in [9.17, 15) is 4.79 Å². The molecule has 5 nitrogen and oxygen atoms in total. The van der Waals surface area contributed by atoms with Crippen LogP contribution in [0.15, 0.2) is 30.6 Å². The predicted molar refractivity (Wildman–Crippen MR) is 91.0 cm³/mol. The fourth-order valence-electron chi connectivity index (χ4n) is 2.92. The predicted octanol–water partition coefficient (Wildman–Crippen LogP) is 3.33. The number of rotatable bonds is 4. The van der Waals surface area contributed by atoms with Gasteiger partial charge in [-0.25, -0.2) is 9.97 Å². The van der Waals surface area contributed by atoms with Crippen LogP contribution in [0, 0.1) is 6.92 Å². The highest BCUT2D eigenvalue weighted by atomic mass is 16.2. The Kier molecular flexibility index (Phi) is 4.55. The Bertz CT molecular complexity index is 691. The second-order valence-corrected chi connectivity index (χ2v) is 5.87. The summed E-state index contributed by atoms with van der Waals surface area (Å²) in [6.07, 6.45) is 6.29. The molecule has 1 fully saturated rings. The van der Waals surface area contributed by atoms with Crippen molar-refractivity contribution in [2.75, 3.05) is 18.4 Å². The van der Waals surface area contributed by atoms with Crippen molar-refractivity contribution in [3.63, 3.8) is 0 Å². The Labute approximate surface area is 136 Å². The maximum atomic E-state index is 12.3. The van der Waals surface area contributed by atoms with Crippen molar-refractivity contribution in [3.05, 3.63) is 47.4 Å². The molecule has 0 atom stereocenters. The van der Waals surface area contributed by atoms with Crippen LogP contribution in [0.2, 0.25) is 0 Å². The smallest absolute Gasteiger partial charge is 0.274 e. The molecule has 1 amide bonds. The number of carbonyl (C=O) groups excluding carboxylic acids is 1. The van der Waals surface area contributed by atoms with E-state index in [0.29, 0.717) is 11.5 Å². The summed E-state index contributed by atoms with van der Waals surface area (Å²) in [6.45, 7) is 5.84. The van der Waals surface area contributed by atoms with Gasteiger partial charge in [-0.3, -0.25) is 4.79 Å². The molecule has 2 aromatic rings. The Hall–Kier alpha value is -2.43. The van der Waals surface area contributed by atoms with Crippen molar-refractivity contribution in [1.29, 1.82) is 0 Å². The average molecular weight is 310 g/mol. The summed E-state index contributed by atoms with van der Waals surface area (Å²) < 4.78 is 0. The van der Waals surface area contributed by atoms with Gasteiger partial charge in [0.05, 0.1) is 12.4 Å². The first-order valence-corrected chi connectivity index (χ1v) is 8.16. The lowest BCUT2D eigenvalue weighted by molar-refractivity contribution is 0.0786. The highest BCUT2D eigenvalue weighted by Gasteiger charge is 2.20. The van der Waals surface area contributed by atoms with E-state index in [-0.39, 0.29) is 5.91 Å². The lowest BCUT2D eigenvalue weighted by atomic mass is 10.1. The molecular weight excluding hydrogens is 288 g/mol. The number of hydrogen-bond donors (Lipinski definition) is 1. The fourth-order valence-corrected chi connectivity index (χ4v) is 2.92. The molecule has 5 heteroatoms. The van der Waals surface area contributed by atoms with E-state index in [1.165, 1.54) is 11.1 Å². The van der Waals surface area contributed by atoms with Gasteiger partial charge in [0.2, 0.25) is 0 Å². The van der Waals surface area contributed by atoms with Crippen molar-refractivity contribution < 1.29 is 4.79 Å². The van der Waals surface area contributed by atoms with Crippen LogP contribution >= 0.6 is 0 Å². The number of amides is 1. The molecule has 1 aromatic heterocycles. The number of hydrogen-bond acceptors (Lipinski definition) is 4. The van der Waals surface area contributed by atoms with E-state index in [0.717, 1.165) is 38.0 Å². The van der Waals surface area contributed by atoms with Crippen molar-refractivity contribution in [2.45, 2.75) is 33.1 Å². The minimum Gasteiger partial charge on any atom is -0.339 e. The first-order valence-electron chi connectivity index (χ1n) is 8.16. The summed E-state index contributed by atoms with van der Waals surface area (Å²) in [5, 5.41) is 3.33. The Morgan fingerprint density at radius 2 is 2.00 bits per heavy atom. The highest BCUT2D eigenvalue weighted by molar-refractivity contribution is 5.92. The van der Waals surface area contributed by atoms with E-state index in [1.807, 2.05) is 4.90 Å². The molecule has 2 heterocycles. The van der Waals surface area contributed by atoms with E-state index < -0.39 is 0 Å². The third kappa shape index (κ3) is 3.33. The lowest BCUT2D eigenvalue weighted by Gasteiger charge is -2.15. The van der Waals surface area contributed by atoms with Gasteiger partial charge in [0, 0.05) is 18.8 Å². The van der Waals surface area contributed by atoms with Gasteiger partial charge in [-0.2, -0.15) is 0 Å². The Balaban J connectivity index is 1.76. The van der Waals surface area contributed by atoms with Crippen LogP contribution in [0.4, 0.5) is 11.5 Å². The maximum Gasteiger partial charge on any atom is 0.274 e. The molecule has 1 aliphatic heterocycles. The number of likely N-dealkylation sites (tertiary alicyclic amines) is 1. The molecular formula is C18H22N4O. The number of carbonyl (C=O) groups is 1. The van der Waals surface area contributed by atoms with Gasteiger partial charge in [0.25, 0.3) is 5.91 Å². The van der Waals surface area contributed by atoms with Gasteiger partial charge in [-0.1, -0.05) is 25.1 Å². The summed E-state index contributed by atoms with van der Waals surface area (Å²) in [4.78, 5) is 22.8. The van der Waals surface area contributed by atoms with Crippen LogP contribution in [-0.4, -0.2) is 33.9 Å². The first kappa shape index (κ1) is 15.5. The molecule has 0 bridgehead atoms. The number of aryl methyl sites for hydroxylation is 2. The number of nitrogens with one attached hydrogen (secondary N) is 1. The fraction of sp³-hybridized carbons (Fsp3) is 0.389. The normalized spacial score (nSPS) is 14.1. The largest absolute Gasteiger partial charge is 0.339 e. The molecule has 3 rings (SSSR count). The number of nitrogens with zero attached hydrogens (tertiary/aromatic N) is 3. The molecule has 1 N–H and O–H groups in total. The van der Waals surface area contributed by atoms with E-state index in [1.54, 1.807) is 12.4 Å². The summed E-state index contributed by atoms with van der Waals surface area (Å²) in [5.74, 6) is 0.638. The molecule has 1 aromatic carbocycles. The summed E-state index contributed by atoms with van der Waals surface area (Å²) in [5.41, 5.74) is 3.90. The maximum absolute atomic E-state index is 12.3. The molecule has 1 saturated heterocycles. The second-order valence-electron chi connectivity index (χ2n) is 5.87. The second kappa shape index (κ2) is 6.77. The van der Waals surface area contributed by atoms with Crippen LogP contribution < -0.4 is 5.32 Å². The van der Waals surface area contributed by atoms with Gasteiger partial charge in [0.15, 0.2) is 0 Å². The Morgan fingerprint density at radius 3 is 2.65 bits per heavy atom. The van der Waals surface area contributed by atoms with Crippen LogP contribution in [0.3, 0.4) is 0 Å². The van der Waals surface area contributed by atoms with Crippen molar-refractivity contribution in [3.8, 4) is 0 Å². The van der Waals surface area contributed by atoms with E-state index >= 15 is 0 Å². The van der Waals surface area contributed by atoms with Gasteiger partial charge >= 0.3 is 0 Å².